The van der Waals surface area contributed by atoms with Crippen molar-refractivity contribution >= 4 is 21.6 Å². The molecule has 0 radical (unpaired) electrons. The molecular formula is C16H22BrNO. The molecule has 1 aromatic rings. The Labute approximate surface area is 124 Å². The van der Waals surface area contributed by atoms with Crippen LogP contribution in [0, 0.1) is 0 Å². The highest BCUT2D eigenvalue weighted by Crippen LogP contribution is 2.41. The van der Waals surface area contributed by atoms with Gasteiger partial charge in [-0.1, -0.05) is 35.2 Å². The van der Waals surface area contributed by atoms with Crippen LogP contribution in [-0.2, 0) is 4.74 Å². The van der Waals surface area contributed by atoms with Crippen molar-refractivity contribution in [2.24, 2.45) is 0 Å². The molecule has 0 aromatic heterocycles. The SMILES string of the molecule is Brc1ccc(NCC2CCC3(CCCCC3)O2)cc1. The Morgan fingerprint density at radius 2 is 1.84 bits per heavy atom. The summed E-state index contributed by atoms with van der Waals surface area (Å²) < 4.78 is 7.49. The van der Waals surface area contributed by atoms with Crippen molar-refractivity contribution in [3.8, 4) is 0 Å². The lowest BCUT2D eigenvalue weighted by atomic mass is 9.83. The van der Waals surface area contributed by atoms with E-state index in [0.717, 1.165) is 11.0 Å². The van der Waals surface area contributed by atoms with Crippen LogP contribution in [0.1, 0.15) is 44.9 Å². The van der Waals surface area contributed by atoms with E-state index in [1.165, 1.54) is 50.6 Å². The van der Waals surface area contributed by atoms with E-state index in [-0.39, 0.29) is 5.60 Å². The van der Waals surface area contributed by atoms with E-state index in [0.29, 0.717) is 6.10 Å². The summed E-state index contributed by atoms with van der Waals surface area (Å²) in [6, 6.07) is 8.35. The molecule has 2 aliphatic rings. The first-order valence-electron chi connectivity index (χ1n) is 7.43. The predicted molar refractivity (Wildman–Crippen MR) is 82.6 cm³/mol. The van der Waals surface area contributed by atoms with E-state index in [4.69, 9.17) is 4.74 Å². The topological polar surface area (TPSA) is 21.3 Å². The van der Waals surface area contributed by atoms with Gasteiger partial charge in [0.15, 0.2) is 0 Å². The fraction of sp³-hybridized carbons (Fsp3) is 0.625. The molecule has 1 atom stereocenters. The summed E-state index contributed by atoms with van der Waals surface area (Å²) in [4.78, 5) is 0. The number of nitrogens with one attached hydrogen (secondary N) is 1. The van der Waals surface area contributed by atoms with E-state index in [1.807, 2.05) is 0 Å². The smallest absolute Gasteiger partial charge is 0.0756 e. The molecule has 19 heavy (non-hydrogen) atoms. The van der Waals surface area contributed by atoms with Crippen molar-refractivity contribution in [1.82, 2.24) is 0 Å². The van der Waals surface area contributed by atoms with Gasteiger partial charge in [0.05, 0.1) is 11.7 Å². The molecule has 2 fully saturated rings. The van der Waals surface area contributed by atoms with Gasteiger partial charge in [-0.25, -0.2) is 0 Å². The number of anilines is 1. The normalized spacial score (nSPS) is 25.6. The number of halogens is 1. The zero-order valence-electron chi connectivity index (χ0n) is 11.3. The molecule has 1 spiro atoms. The Bertz CT molecular complexity index is 411. The van der Waals surface area contributed by atoms with E-state index in [2.05, 4.69) is 45.5 Å². The summed E-state index contributed by atoms with van der Waals surface area (Å²) in [6.07, 6.45) is 9.53. The number of hydrogen-bond acceptors (Lipinski definition) is 2. The Morgan fingerprint density at radius 1 is 1.11 bits per heavy atom. The average molecular weight is 324 g/mol. The van der Waals surface area contributed by atoms with Crippen molar-refractivity contribution in [3.63, 3.8) is 0 Å². The molecule has 0 bridgehead atoms. The maximum atomic E-state index is 6.36. The summed E-state index contributed by atoms with van der Waals surface area (Å²) >= 11 is 3.46. The molecule has 1 saturated heterocycles. The molecule has 1 N–H and O–H groups in total. The second-order valence-corrected chi connectivity index (χ2v) is 6.83. The van der Waals surface area contributed by atoms with Gasteiger partial charge in [-0.15, -0.1) is 0 Å². The lowest BCUT2D eigenvalue weighted by molar-refractivity contribution is -0.0588. The van der Waals surface area contributed by atoms with Gasteiger partial charge in [-0.2, -0.15) is 0 Å². The third-order valence-electron chi connectivity index (χ3n) is 4.48. The fourth-order valence-electron chi connectivity index (χ4n) is 3.40. The molecule has 1 aliphatic carbocycles. The zero-order valence-corrected chi connectivity index (χ0v) is 12.9. The Hall–Kier alpha value is -0.540. The third kappa shape index (κ3) is 3.32. The van der Waals surface area contributed by atoms with Crippen LogP contribution in [0.3, 0.4) is 0 Å². The predicted octanol–water partition coefficient (Wildman–Crippen LogP) is 4.74. The Kier molecular flexibility index (Phi) is 4.13. The number of rotatable bonds is 3. The van der Waals surface area contributed by atoms with Gasteiger partial charge in [0.1, 0.15) is 0 Å². The van der Waals surface area contributed by atoms with Gasteiger partial charge >= 0.3 is 0 Å². The maximum Gasteiger partial charge on any atom is 0.0756 e. The molecule has 3 heteroatoms. The minimum absolute atomic E-state index is 0.240. The van der Waals surface area contributed by atoms with E-state index < -0.39 is 0 Å². The van der Waals surface area contributed by atoms with E-state index in [9.17, 15) is 0 Å². The summed E-state index contributed by atoms with van der Waals surface area (Å²) in [5.74, 6) is 0. The molecule has 1 saturated carbocycles. The van der Waals surface area contributed by atoms with Crippen LogP contribution in [0.2, 0.25) is 0 Å². The largest absolute Gasteiger partial charge is 0.382 e. The zero-order chi connectivity index (χ0) is 13.1. The molecule has 0 amide bonds. The van der Waals surface area contributed by atoms with Crippen molar-refractivity contribution in [2.45, 2.75) is 56.7 Å². The first-order valence-corrected chi connectivity index (χ1v) is 8.22. The summed E-state index contributed by atoms with van der Waals surface area (Å²) in [7, 11) is 0. The highest BCUT2D eigenvalue weighted by atomic mass is 79.9. The molecular weight excluding hydrogens is 302 g/mol. The fourth-order valence-corrected chi connectivity index (χ4v) is 3.67. The van der Waals surface area contributed by atoms with Crippen LogP contribution >= 0.6 is 15.9 Å². The Balaban J connectivity index is 1.50. The molecule has 1 unspecified atom stereocenters. The van der Waals surface area contributed by atoms with Crippen LogP contribution in [0.5, 0.6) is 0 Å². The summed E-state index contributed by atoms with van der Waals surface area (Å²) in [5.41, 5.74) is 1.42. The van der Waals surface area contributed by atoms with Crippen LogP contribution in [0.25, 0.3) is 0 Å². The van der Waals surface area contributed by atoms with Gasteiger partial charge < -0.3 is 10.1 Å². The number of hydrogen-bond donors (Lipinski definition) is 1. The maximum absolute atomic E-state index is 6.36. The minimum Gasteiger partial charge on any atom is -0.382 e. The van der Waals surface area contributed by atoms with Gasteiger partial charge in [0.25, 0.3) is 0 Å². The van der Waals surface area contributed by atoms with Crippen LogP contribution in [0.4, 0.5) is 5.69 Å². The molecule has 1 aromatic carbocycles. The van der Waals surface area contributed by atoms with Crippen LogP contribution in [0.15, 0.2) is 28.7 Å². The van der Waals surface area contributed by atoms with Crippen molar-refractivity contribution in [1.29, 1.82) is 0 Å². The molecule has 1 heterocycles. The van der Waals surface area contributed by atoms with Gasteiger partial charge in [0, 0.05) is 16.7 Å². The van der Waals surface area contributed by atoms with Crippen LogP contribution in [-0.4, -0.2) is 18.2 Å². The van der Waals surface area contributed by atoms with Gasteiger partial charge in [-0.3, -0.25) is 0 Å². The molecule has 2 nitrogen and oxygen atoms in total. The average Bonchev–Trinajstić information content (AvgIpc) is 2.82. The number of benzene rings is 1. The lowest BCUT2D eigenvalue weighted by Gasteiger charge is -2.33. The minimum atomic E-state index is 0.240. The van der Waals surface area contributed by atoms with E-state index >= 15 is 0 Å². The third-order valence-corrected chi connectivity index (χ3v) is 5.01. The second-order valence-electron chi connectivity index (χ2n) is 5.91. The van der Waals surface area contributed by atoms with Gasteiger partial charge in [0.2, 0.25) is 0 Å². The van der Waals surface area contributed by atoms with Crippen molar-refractivity contribution in [3.05, 3.63) is 28.7 Å². The molecule has 104 valence electrons. The summed E-state index contributed by atoms with van der Waals surface area (Å²) in [5, 5.41) is 3.49. The first-order chi connectivity index (χ1) is 9.26. The molecule has 1 aliphatic heterocycles. The second kappa shape index (κ2) is 5.84. The van der Waals surface area contributed by atoms with E-state index in [1.54, 1.807) is 0 Å². The highest BCUT2D eigenvalue weighted by molar-refractivity contribution is 9.10. The highest BCUT2D eigenvalue weighted by Gasteiger charge is 2.40. The number of ether oxygens (including phenoxy) is 1. The quantitative estimate of drug-likeness (QED) is 0.867. The van der Waals surface area contributed by atoms with Gasteiger partial charge in [-0.05, 0) is 49.9 Å². The van der Waals surface area contributed by atoms with Crippen LogP contribution < -0.4 is 5.32 Å². The first kappa shape index (κ1) is 13.4. The Morgan fingerprint density at radius 3 is 2.58 bits per heavy atom. The van der Waals surface area contributed by atoms with Crippen molar-refractivity contribution < 1.29 is 4.74 Å². The lowest BCUT2D eigenvalue weighted by Crippen LogP contribution is -2.33. The molecule has 3 rings (SSSR count). The standard InChI is InChI=1S/C16H22BrNO/c17-13-4-6-14(7-5-13)18-12-15-8-11-16(19-15)9-2-1-3-10-16/h4-7,15,18H,1-3,8-12H2. The summed E-state index contributed by atoms with van der Waals surface area (Å²) in [6.45, 7) is 0.934. The van der Waals surface area contributed by atoms with Crippen molar-refractivity contribution in [2.75, 3.05) is 11.9 Å². The monoisotopic (exact) mass is 323 g/mol.